The van der Waals surface area contributed by atoms with E-state index in [0.29, 0.717) is 24.7 Å². The van der Waals surface area contributed by atoms with Crippen LogP contribution < -0.4 is 15.4 Å². The number of carbonyl (C=O) groups is 1. The van der Waals surface area contributed by atoms with Crippen LogP contribution in [0.2, 0.25) is 0 Å². The second-order valence-corrected chi connectivity index (χ2v) is 6.54. The number of carbonyl (C=O) groups excluding carboxylic acids is 1. The van der Waals surface area contributed by atoms with Gasteiger partial charge in [0.15, 0.2) is 0 Å². The van der Waals surface area contributed by atoms with E-state index in [-0.39, 0.29) is 12.1 Å². The van der Waals surface area contributed by atoms with E-state index in [1.54, 1.807) is 12.5 Å². The van der Waals surface area contributed by atoms with Crippen molar-refractivity contribution in [3.05, 3.63) is 53.9 Å². The van der Waals surface area contributed by atoms with Crippen LogP contribution >= 0.6 is 0 Å². The summed E-state index contributed by atoms with van der Waals surface area (Å²) in [5.74, 6) is 0.547. The van der Waals surface area contributed by atoms with Gasteiger partial charge in [0, 0.05) is 36.3 Å². The summed E-state index contributed by atoms with van der Waals surface area (Å²) in [7, 11) is 0. The van der Waals surface area contributed by atoms with Crippen molar-refractivity contribution in [1.82, 2.24) is 10.3 Å². The normalized spacial score (nSPS) is 16.4. The molecule has 1 unspecified atom stereocenters. The molecule has 2 N–H and O–H groups in total. The summed E-state index contributed by atoms with van der Waals surface area (Å²) < 4.78 is 16.5. The smallest absolute Gasteiger partial charge is 0.319 e. The average molecular weight is 367 g/mol. The highest BCUT2D eigenvalue weighted by molar-refractivity contribution is 5.93. The molecular formula is C20H21N3O4. The molecule has 1 saturated heterocycles. The second kappa shape index (κ2) is 7.67. The van der Waals surface area contributed by atoms with Crippen molar-refractivity contribution in [2.45, 2.75) is 26.0 Å². The number of nitrogens with zero attached hydrogens (tertiary/aromatic N) is 1. The number of rotatable bonds is 5. The van der Waals surface area contributed by atoms with E-state index in [1.165, 1.54) is 0 Å². The Labute approximate surface area is 156 Å². The van der Waals surface area contributed by atoms with Gasteiger partial charge >= 0.3 is 6.03 Å². The summed E-state index contributed by atoms with van der Waals surface area (Å²) in [4.78, 5) is 16.4. The number of ether oxygens (including phenoxy) is 2. The van der Waals surface area contributed by atoms with E-state index < -0.39 is 0 Å². The van der Waals surface area contributed by atoms with Gasteiger partial charge in [0.2, 0.25) is 5.88 Å². The van der Waals surface area contributed by atoms with Gasteiger partial charge in [-0.2, -0.15) is 0 Å². The van der Waals surface area contributed by atoms with E-state index in [0.717, 1.165) is 35.1 Å². The first-order chi connectivity index (χ1) is 13.2. The van der Waals surface area contributed by atoms with Gasteiger partial charge in [0.25, 0.3) is 0 Å². The SMILES string of the molecule is Cc1coc2ccc(NC(=O)NCc3ccnc(OC4CCOC4)c3)cc12. The van der Waals surface area contributed by atoms with Gasteiger partial charge in [-0.05, 0) is 42.3 Å². The number of hydrogen-bond acceptors (Lipinski definition) is 5. The van der Waals surface area contributed by atoms with E-state index in [9.17, 15) is 4.79 Å². The molecular weight excluding hydrogens is 346 g/mol. The standard InChI is InChI=1S/C20H21N3O4/c1-13-11-26-18-3-2-15(9-17(13)18)23-20(24)22-10-14-4-6-21-19(8-14)27-16-5-7-25-12-16/h2-4,6,8-9,11,16H,5,7,10,12H2,1H3,(H2,22,23,24). The zero-order valence-electron chi connectivity index (χ0n) is 15.0. The molecule has 0 spiro atoms. The maximum absolute atomic E-state index is 12.2. The van der Waals surface area contributed by atoms with Crippen molar-refractivity contribution in [2.24, 2.45) is 0 Å². The third kappa shape index (κ3) is 4.20. The Hall–Kier alpha value is -3.06. The summed E-state index contributed by atoms with van der Waals surface area (Å²) in [5.41, 5.74) is 3.46. The number of urea groups is 1. The van der Waals surface area contributed by atoms with Crippen LogP contribution in [0.5, 0.6) is 5.88 Å². The largest absolute Gasteiger partial charge is 0.472 e. The third-order valence-electron chi connectivity index (χ3n) is 4.45. The number of nitrogens with one attached hydrogen (secondary N) is 2. The molecule has 0 bridgehead atoms. The van der Waals surface area contributed by atoms with Crippen LogP contribution in [0.1, 0.15) is 17.5 Å². The minimum Gasteiger partial charge on any atom is -0.472 e. The Kier molecular flexibility index (Phi) is 4.93. The van der Waals surface area contributed by atoms with Crippen LogP contribution in [0.25, 0.3) is 11.0 Å². The van der Waals surface area contributed by atoms with Gasteiger partial charge in [0.05, 0.1) is 19.5 Å². The summed E-state index contributed by atoms with van der Waals surface area (Å²) in [5, 5.41) is 6.67. The first kappa shape index (κ1) is 17.4. The Balaban J connectivity index is 1.33. The van der Waals surface area contributed by atoms with Crippen molar-refractivity contribution in [3.63, 3.8) is 0 Å². The van der Waals surface area contributed by atoms with Crippen LogP contribution in [0, 0.1) is 6.92 Å². The number of furan rings is 1. The lowest BCUT2D eigenvalue weighted by atomic mass is 10.2. The average Bonchev–Trinajstić information content (AvgIpc) is 3.31. The quantitative estimate of drug-likeness (QED) is 0.719. The zero-order chi connectivity index (χ0) is 18.6. The lowest BCUT2D eigenvalue weighted by Crippen LogP contribution is -2.28. The Morgan fingerprint density at radius 2 is 2.26 bits per heavy atom. The first-order valence-electron chi connectivity index (χ1n) is 8.89. The highest BCUT2D eigenvalue weighted by Crippen LogP contribution is 2.24. The molecule has 3 aromatic rings. The highest BCUT2D eigenvalue weighted by Gasteiger charge is 2.17. The number of benzene rings is 1. The highest BCUT2D eigenvalue weighted by atomic mass is 16.5. The summed E-state index contributed by atoms with van der Waals surface area (Å²) in [6.45, 7) is 3.65. The predicted octanol–water partition coefficient (Wildman–Crippen LogP) is 3.63. The molecule has 1 aliphatic rings. The lowest BCUT2D eigenvalue weighted by molar-refractivity contribution is 0.138. The van der Waals surface area contributed by atoms with E-state index in [4.69, 9.17) is 13.9 Å². The molecule has 2 amide bonds. The maximum Gasteiger partial charge on any atom is 0.319 e. The minimum atomic E-state index is -0.279. The molecule has 2 aromatic heterocycles. The molecule has 1 aromatic carbocycles. The van der Waals surface area contributed by atoms with Gasteiger partial charge < -0.3 is 24.5 Å². The molecule has 0 radical (unpaired) electrons. The molecule has 7 heteroatoms. The fourth-order valence-corrected chi connectivity index (χ4v) is 2.99. The van der Waals surface area contributed by atoms with Crippen LogP contribution in [0.15, 0.2) is 47.2 Å². The molecule has 1 fully saturated rings. The fourth-order valence-electron chi connectivity index (χ4n) is 2.99. The van der Waals surface area contributed by atoms with E-state index in [2.05, 4.69) is 15.6 Å². The summed E-state index contributed by atoms with van der Waals surface area (Å²) in [6.07, 6.45) is 4.29. The summed E-state index contributed by atoms with van der Waals surface area (Å²) in [6, 6.07) is 8.96. The van der Waals surface area contributed by atoms with Gasteiger partial charge in [-0.1, -0.05) is 0 Å². The van der Waals surface area contributed by atoms with Gasteiger partial charge in [0.1, 0.15) is 11.7 Å². The van der Waals surface area contributed by atoms with Gasteiger partial charge in [-0.25, -0.2) is 9.78 Å². The van der Waals surface area contributed by atoms with E-state index >= 15 is 0 Å². The molecule has 1 atom stereocenters. The minimum absolute atomic E-state index is 0.0466. The predicted molar refractivity (Wildman–Crippen MR) is 101 cm³/mol. The molecule has 7 nitrogen and oxygen atoms in total. The maximum atomic E-state index is 12.2. The number of aromatic nitrogens is 1. The third-order valence-corrected chi connectivity index (χ3v) is 4.45. The van der Waals surface area contributed by atoms with Gasteiger partial charge in [-0.15, -0.1) is 0 Å². The molecule has 4 rings (SSSR count). The zero-order valence-corrected chi connectivity index (χ0v) is 15.0. The second-order valence-electron chi connectivity index (χ2n) is 6.54. The molecule has 3 heterocycles. The Morgan fingerprint density at radius 3 is 3.11 bits per heavy atom. The van der Waals surface area contributed by atoms with Crippen LogP contribution in [-0.2, 0) is 11.3 Å². The topological polar surface area (TPSA) is 85.6 Å². The van der Waals surface area contributed by atoms with Crippen molar-refractivity contribution < 1.29 is 18.7 Å². The van der Waals surface area contributed by atoms with Crippen LogP contribution in [0.4, 0.5) is 10.5 Å². The number of pyridine rings is 1. The summed E-state index contributed by atoms with van der Waals surface area (Å²) >= 11 is 0. The van der Waals surface area contributed by atoms with Crippen LogP contribution in [-0.4, -0.2) is 30.3 Å². The fraction of sp³-hybridized carbons (Fsp3) is 0.300. The van der Waals surface area contributed by atoms with Crippen molar-refractivity contribution in [2.75, 3.05) is 18.5 Å². The number of anilines is 1. The van der Waals surface area contributed by atoms with Gasteiger partial charge in [-0.3, -0.25) is 0 Å². The lowest BCUT2D eigenvalue weighted by Gasteiger charge is -2.12. The number of hydrogen-bond donors (Lipinski definition) is 2. The number of amides is 2. The number of fused-ring (bicyclic) bond motifs is 1. The molecule has 0 aliphatic carbocycles. The van der Waals surface area contributed by atoms with Crippen molar-refractivity contribution in [3.8, 4) is 5.88 Å². The number of aryl methyl sites for hydroxylation is 1. The monoisotopic (exact) mass is 367 g/mol. The Bertz CT molecular complexity index is 947. The first-order valence-corrected chi connectivity index (χ1v) is 8.89. The molecule has 140 valence electrons. The van der Waals surface area contributed by atoms with E-state index in [1.807, 2.05) is 37.3 Å². The Morgan fingerprint density at radius 1 is 1.33 bits per heavy atom. The van der Waals surface area contributed by atoms with Crippen molar-refractivity contribution >= 4 is 22.7 Å². The molecule has 1 aliphatic heterocycles. The van der Waals surface area contributed by atoms with Crippen LogP contribution in [0.3, 0.4) is 0 Å². The molecule has 0 saturated carbocycles. The van der Waals surface area contributed by atoms with Crippen molar-refractivity contribution in [1.29, 1.82) is 0 Å². The molecule has 27 heavy (non-hydrogen) atoms.